The van der Waals surface area contributed by atoms with Crippen LogP contribution in [0.1, 0.15) is 35.7 Å². The van der Waals surface area contributed by atoms with Crippen LogP contribution in [0, 0.1) is 5.92 Å². The van der Waals surface area contributed by atoms with E-state index in [1.165, 1.54) is 6.08 Å². The molecule has 1 aliphatic heterocycles. The zero-order chi connectivity index (χ0) is 16.8. The molecule has 1 heterocycles. The number of piperidine rings is 1. The molecule has 2 amide bonds. The first-order valence-electron chi connectivity index (χ1n) is 7.80. The molecule has 0 bridgehead atoms. The third-order valence-electron chi connectivity index (χ3n) is 4.14. The maximum atomic E-state index is 12.5. The summed E-state index contributed by atoms with van der Waals surface area (Å²) in [7, 11) is 0. The van der Waals surface area contributed by atoms with E-state index in [4.69, 9.17) is 0 Å². The number of nitrogens with one attached hydrogen (secondary N) is 1. The van der Waals surface area contributed by atoms with Crippen molar-refractivity contribution in [1.82, 2.24) is 10.2 Å². The Balaban J connectivity index is 1.98. The van der Waals surface area contributed by atoms with Gasteiger partial charge in [0.15, 0.2) is 0 Å². The summed E-state index contributed by atoms with van der Waals surface area (Å²) in [5.74, 6) is -0.164. The molecule has 5 nitrogen and oxygen atoms in total. The summed E-state index contributed by atoms with van der Waals surface area (Å²) in [5, 5.41) is 2.69. The molecule has 0 spiro atoms. The highest BCUT2D eigenvalue weighted by atomic mass is 16.2. The molecule has 0 aliphatic carbocycles. The van der Waals surface area contributed by atoms with Crippen LogP contribution in [0.15, 0.2) is 36.9 Å². The van der Waals surface area contributed by atoms with Crippen molar-refractivity contribution in [3.05, 3.63) is 48.0 Å². The van der Waals surface area contributed by atoms with Gasteiger partial charge in [-0.25, -0.2) is 0 Å². The highest BCUT2D eigenvalue weighted by Crippen LogP contribution is 2.19. The number of amides is 2. The molecule has 122 valence electrons. The van der Waals surface area contributed by atoms with Crippen molar-refractivity contribution in [1.29, 1.82) is 0 Å². The lowest BCUT2D eigenvalue weighted by Crippen LogP contribution is -2.41. The lowest BCUT2D eigenvalue weighted by atomic mass is 9.94. The largest absolute Gasteiger partial charge is 0.348 e. The zero-order valence-electron chi connectivity index (χ0n) is 13.4. The van der Waals surface area contributed by atoms with Crippen LogP contribution in [0.3, 0.4) is 0 Å². The van der Waals surface area contributed by atoms with E-state index in [2.05, 4.69) is 11.9 Å². The van der Waals surface area contributed by atoms with Gasteiger partial charge in [-0.15, -0.1) is 0 Å². The number of rotatable bonds is 5. The molecule has 0 saturated carbocycles. The van der Waals surface area contributed by atoms with E-state index in [0.29, 0.717) is 25.2 Å². The lowest BCUT2D eigenvalue weighted by Gasteiger charge is -2.31. The van der Waals surface area contributed by atoms with Crippen LogP contribution in [0.5, 0.6) is 0 Å². The summed E-state index contributed by atoms with van der Waals surface area (Å²) in [6.45, 7) is 6.58. The van der Waals surface area contributed by atoms with Crippen molar-refractivity contribution in [2.75, 3.05) is 13.1 Å². The van der Waals surface area contributed by atoms with Crippen molar-refractivity contribution in [2.24, 2.45) is 5.92 Å². The lowest BCUT2D eigenvalue weighted by molar-refractivity contribution is -0.122. The maximum absolute atomic E-state index is 12.5. The van der Waals surface area contributed by atoms with Gasteiger partial charge >= 0.3 is 0 Å². The number of Topliss-reactive ketones (excluding diaryl/α,β-unsaturated/α-hetero) is 1. The van der Waals surface area contributed by atoms with E-state index in [0.717, 1.165) is 18.4 Å². The molecule has 1 aromatic carbocycles. The van der Waals surface area contributed by atoms with E-state index in [1.807, 2.05) is 12.1 Å². The monoisotopic (exact) mass is 314 g/mol. The van der Waals surface area contributed by atoms with Crippen molar-refractivity contribution in [2.45, 2.75) is 26.3 Å². The molecule has 2 rings (SSSR count). The van der Waals surface area contributed by atoms with Gasteiger partial charge in [0, 0.05) is 31.1 Å². The second-order valence-corrected chi connectivity index (χ2v) is 5.82. The topological polar surface area (TPSA) is 66.5 Å². The summed E-state index contributed by atoms with van der Waals surface area (Å²) in [5.41, 5.74) is 1.52. The smallest absolute Gasteiger partial charge is 0.253 e. The van der Waals surface area contributed by atoms with Crippen LogP contribution in [0.25, 0.3) is 0 Å². The van der Waals surface area contributed by atoms with Crippen LogP contribution >= 0.6 is 0 Å². The molecule has 5 heteroatoms. The number of ketones is 1. The first-order valence-corrected chi connectivity index (χ1v) is 7.80. The van der Waals surface area contributed by atoms with Crippen LogP contribution in [0.4, 0.5) is 0 Å². The van der Waals surface area contributed by atoms with Gasteiger partial charge in [-0.3, -0.25) is 14.4 Å². The van der Waals surface area contributed by atoms with Gasteiger partial charge in [0.25, 0.3) is 5.91 Å². The molecular formula is C18H22N2O3. The molecule has 1 saturated heterocycles. The molecule has 0 radical (unpaired) electrons. The Hall–Kier alpha value is -2.43. The summed E-state index contributed by atoms with van der Waals surface area (Å²) < 4.78 is 0. The maximum Gasteiger partial charge on any atom is 0.253 e. The SMILES string of the molecule is C=CC(=O)NCc1ccc(C(=O)N2CCCC(C(C)=O)C2)cc1. The minimum Gasteiger partial charge on any atom is -0.348 e. The van der Waals surface area contributed by atoms with E-state index >= 15 is 0 Å². The van der Waals surface area contributed by atoms with Crippen molar-refractivity contribution in [3.8, 4) is 0 Å². The second kappa shape index (κ2) is 7.72. The van der Waals surface area contributed by atoms with Gasteiger partial charge in [0.2, 0.25) is 5.91 Å². The fraction of sp³-hybridized carbons (Fsp3) is 0.389. The fourth-order valence-corrected chi connectivity index (χ4v) is 2.70. The predicted octanol–water partition coefficient (Wildman–Crippen LogP) is 1.93. The number of carbonyl (C=O) groups excluding carboxylic acids is 3. The molecule has 23 heavy (non-hydrogen) atoms. The van der Waals surface area contributed by atoms with Crippen molar-refractivity contribution in [3.63, 3.8) is 0 Å². The average Bonchev–Trinajstić information content (AvgIpc) is 2.59. The summed E-state index contributed by atoms with van der Waals surface area (Å²) in [6, 6.07) is 7.16. The number of nitrogens with zero attached hydrogens (tertiary/aromatic N) is 1. The van der Waals surface area contributed by atoms with Crippen LogP contribution in [0.2, 0.25) is 0 Å². The van der Waals surface area contributed by atoms with Crippen LogP contribution in [-0.2, 0) is 16.1 Å². The number of carbonyl (C=O) groups is 3. The first-order chi connectivity index (χ1) is 11.0. The summed E-state index contributed by atoms with van der Waals surface area (Å²) in [6.07, 6.45) is 2.95. The molecular weight excluding hydrogens is 292 g/mol. The van der Waals surface area contributed by atoms with Crippen molar-refractivity contribution < 1.29 is 14.4 Å². The molecule has 1 N–H and O–H groups in total. The van der Waals surface area contributed by atoms with Crippen molar-refractivity contribution >= 4 is 17.6 Å². The minimum atomic E-state index is -0.228. The first kappa shape index (κ1) is 16.9. The Labute approximate surface area is 136 Å². The molecule has 1 aromatic rings. The Morgan fingerprint density at radius 1 is 1.30 bits per heavy atom. The second-order valence-electron chi connectivity index (χ2n) is 5.82. The van der Waals surface area contributed by atoms with Crippen LogP contribution in [-0.4, -0.2) is 35.6 Å². The fourth-order valence-electron chi connectivity index (χ4n) is 2.70. The number of benzene rings is 1. The van der Waals surface area contributed by atoms with Gasteiger partial charge in [-0.2, -0.15) is 0 Å². The highest BCUT2D eigenvalue weighted by Gasteiger charge is 2.26. The Bertz CT molecular complexity index is 607. The van der Waals surface area contributed by atoms with E-state index in [-0.39, 0.29) is 23.5 Å². The van der Waals surface area contributed by atoms with E-state index in [1.54, 1.807) is 24.0 Å². The Morgan fingerprint density at radius 3 is 2.61 bits per heavy atom. The average molecular weight is 314 g/mol. The highest BCUT2D eigenvalue weighted by molar-refractivity contribution is 5.94. The standard InChI is InChI=1S/C18H22N2O3/c1-3-17(22)19-11-14-6-8-15(9-7-14)18(23)20-10-4-5-16(12-20)13(2)21/h3,6-9,16H,1,4-5,10-12H2,2H3,(H,19,22). The van der Waals surface area contributed by atoms with Gasteiger partial charge in [-0.1, -0.05) is 18.7 Å². The minimum absolute atomic E-state index is 0.0407. The number of likely N-dealkylation sites (tertiary alicyclic amines) is 1. The number of hydrogen-bond acceptors (Lipinski definition) is 3. The Morgan fingerprint density at radius 2 is 2.00 bits per heavy atom. The molecule has 1 atom stereocenters. The third-order valence-corrected chi connectivity index (χ3v) is 4.14. The zero-order valence-corrected chi connectivity index (χ0v) is 13.4. The molecule has 1 unspecified atom stereocenters. The third kappa shape index (κ3) is 4.52. The quantitative estimate of drug-likeness (QED) is 0.845. The normalized spacial score (nSPS) is 17.4. The van der Waals surface area contributed by atoms with Gasteiger partial charge < -0.3 is 10.2 Å². The number of hydrogen-bond donors (Lipinski definition) is 1. The van der Waals surface area contributed by atoms with E-state index < -0.39 is 0 Å². The van der Waals surface area contributed by atoms with Crippen LogP contribution < -0.4 is 5.32 Å². The molecule has 1 aliphatic rings. The van der Waals surface area contributed by atoms with Gasteiger partial charge in [0.05, 0.1) is 0 Å². The summed E-state index contributed by atoms with van der Waals surface area (Å²) in [4.78, 5) is 36.9. The Kier molecular flexibility index (Phi) is 5.68. The van der Waals surface area contributed by atoms with E-state index in [9.17, 15) is 14.4 Å². The predicted molar refractivity (Wildman–Crippen MR) is 87.8 cm³/mol. The summed E-state index contributed by atoms with van der Waals surface area (Å²) >= 11 is 0. The molecule has 0 aromatic heterocycles. The van der Waals surface area contributed by atoms with Gasteiger partial charge in [-0.05, 0) is 43.5 Å². The van der Waals surface area contributed by atoms with Gasteiger partial charge in [0.1, 0.15) is 5.78 Å². The molecule has 1 fully saturated rings.